The molecular weight excluding hydrogens is 304 g/mol. The fraction of sp³-hybridized carbons (Fsp3) is 0.250. The summed E-state index contributed by atoms with van der Waals surface area (Å²) in [7, 11) is 1.60. The van der Waals surface area contributed by atoms with Gasteiger partial charge in [0.15, 0.2) is 0 Å². The SMILES string of the molecule is COc1ccc(C=CC(=O)O)cc1Cn1nc(C)c(Cl)c1C. The summed E-state index contributed by atoms with van der Waals surface area (Å²) < 4.78 is 7.17. The van der Waals surface area contributed by atoms with Crippen molar-refractivity contribution in [2.45, 2.75) is 20.4 Å². The highest BCUT2D eigenvalue weighted by Crippen LogP contribution is 2.25. The lowest BCUT2D eigenvalue weighted by molar-refractivity contribution is -0.131. The second kappa shape index (κ2) is 6.66. The Bertz CT molecular complexity index is 735. The standard InChI is InChI=1S/C16H17ClN2O3/c1-10-16(17)11(2)19(18-10)9-13-8-12(5-7-15(20)21)4-6-14(13)22-3/h4-8H,9H2,1-3H3,(H,20,21). The molecule has 0 fully saturated rings. The monoisotopic (exact) mass is 320 g/mol. The average molecular weight is 321 g/mol. The highest BCUT2D eigenvalue weighted by atomic mass is 35.5. The van der Waals surface area contributed by atoms with Gasteiger partial charge in [-0.25, -0.2) is 4.79 Å². The van der Waals surface area contributed by atoms with Gasteiger partial charge in [0.25, 0.3) is 0 Å². The van der Waals surface area contributed by atoms with Gasteiger partial charge < -0.3 is 9.84 Å². The van der Waals surface area contributed by atoms with Crippen molar-refractivity contribution in [3.63, 3.8) is 0 Å². The molecule has 116 valence electrons. The Hall–Kier alpha value is -2.27. The number of benzene rings is 1. The van der Waals surface area contributed by atoms with E-state index in [1.54, 1.807) is 23.9 Å². The molecule has 1 aromatic heterocycles. The third kappa shape index (κ3) is 3.49. The van der Waals surface area contributed by atoms with Crippen molar-refractivity contribution in [2.24, 2.45) is 0 Å². The molecule has 1 heterocycles. The van der Waals surface area contributed by atoms with Gasteiger partial charge in [0.1, 0.15) is 5.75 Å². The molecule has 0 unspecified atom stereocenters. The van der Waals surface area contributed by atoms with E-state index < -0.39 is 5.97 Å². The maximum Gasteiger partial charge on any atom is 0.328 e. The highest BCUT2D eigenvalue weighted by Gasteiger charge is 2.12. The Morgan fingerprint density at radius 1 is 1.45 bits per heavy atom. The van der Waals surface area contributed by atoms with Crippen LogP contribution >= 0.6 is 11.6 Å². The van der Waals surface area contributed by atoms with E-state index in [9.17, 15) is 4.79 Å². The van der Waals surface area contributed by atoms with E-state index in [4.69, 9.17) is 21.4 Å². The molecule has 0 spiro atoms. The Labute approximate surface area is 133 Å². The van der Waals surface area contributed by atoms with Crippen molar-refractivity contribution in [3.05, 3.63) is 51.8 Å². The number of halogens is 1. The van der Waals surface area contributed by atoms with Gasteiger partial charge in [-0.1, -0.05) is 17.7 Å². The Balaban J connectivity index is 2.37. The minimum absolute atomic E-state index is 0.497. The molecule has 6 heteroatoms. The molecule has 0 aliphatic carbocycles. The third-order valence-electron chi connectivity index (χ3n) is 3.34. The lowest BCUT2D eigenvalue weighted by Crippen LogP contribution is -2.06. The van der Waals surface area contributed by atoms with Crippen LogP contribution in [0.25, 0.3) is 6.08 Å². The average Bonchev–Trinajstić information content (AvgIpc) is 2.72. The lowest BCUT2D eigenvalue weighted by Gasteiger charge is -2.11. The molecule has 0 radical (unpaired) electrons. The molecule has 2 aromatic rings. The number of aryl methyl sites for hydroxylation is 1. The summed E-state index contributed by atoms with van der Waals surface area (Å²) in [6, 6.07) is 5.49. The van der Waals surface area contributed by atoms with Gasteiger partial charge in [-0.05, 0) is 37.6 Å². The van der Waals surface area contributed by atoms with Gasteiger partial charge in [-0.2, -0.15) is 5.10 Å². The first-order valence-corrected chi connectivity index (χ1v) is 7.07. The first-order chi connectivity index (χ1) is 10.4. The molecule has 0 amide bonds. The Kier molecular flexibility index (Phi) is 4.88. The Morgan fingerprint density at radius 2 is 2.18 bits per heavy atom. The minimum Gasteiger partial charge on any atom is -0.496 e. The molecule has 22 heavy (non-hydrogen) atoms. The topological polar surface area (TPSA) is 64.3 Å². The molecule has 0 bridgehead atoms. The van der Waals surface area contributed by atoms with Crippen LogP contribution in [-0.4, -0.2) is 28.0 Å². The number of hydrogen-bond acceptors (Lipinski definition) is 3. The largest absolute Gasteiger partial charge is 0.496 e. The maximum atomic E-state index is 10.6. The summed E-state index contributed by atoms with van der Waals surface area (Å²) in [6.45, 7) is 4.26. The van der Waals surface area contributed by atoms with E-state index in [2.05, 4.69) is 5.10 Å². The predicted molar refractivity (Wildman–Crippen MR) is 85.5 cm³/mol. The lowest BCUT2D eigenvalue weighted by atomic mass is 10.1. The van der Waals surface area contributed by atoms with Gasteiger partial charge in [0.05, 0.1) is 30.1 Å². The normalized spacial score (nSPS) is 11.1. The molecule has 0 saturated heterocycles. The van der Waals surface area contributed by atoms with Gasteiger partial charge in [-0.15, -0.1) is 0 Å². The molecule has 1 aromatic carbocycles. The number of nitrogens with zero attached hydrogens (tertiary/aromatic N) is 2. The number of rotatable bonds is 5. The molecule has 2 rings (SSSR count). The summed E-state index contributed by atoms with van der Waals surface area (Å²) in [5.41, 5.74) is 3.34. The quantitative estimate of drug-likeness (QED) is 0.858. The van der Waals surface area contributed by atoms with E-state index in [1.807, 2.05) is 26.0 Å². The van der Waals surface area contributed by atoms with E-state index in [1.165, 1.54) is 0 Å². The number of aromatic nitrogens is 2. The zero-order valence-corrected chi connectivity index (χ0v) is 13.4. The highest BCUT2D eigenvalue weighted by molar-refractivity contribution is 6.31. The van der Waals surface area contributed by atoms with Crippen molar-refractivity contribution in [2.75, 3.05) is 7.11 Å². The van der Waals surface area contributed by atoms with Crippen LogP contribution in [0.1, 0.15) is 22.5 Å². The van der Waals surface area contributed by atoms with E-state index in [0.717, 1.165) is 34.3 Å². The number of methoxy groups -OCH3 is 1. The van der Waals surface area contributed by atoms with Crippen LogP contribution in [0.15, 0.2) is 24.3 Å². The number of carboxylic acid groups (broad SMARTS) is 1. The van der Waals surface area contributed by atoms with Gasteiger partial charge in [-0.3, -0.25) is 4.68 Å². The second-order valence-corrected chi connectivity index (χ2v) is 5.26. The van der Waals surface area contributed by atoms with Crippen LogP contribution in [0.2, 0.25) is 5.02 Å². The van der Waals surface area contributed by atoms with Crippen molar-refractivity contribution < 1.29 is 14.6 Å². The van der Waals surface area contributed by atoms with E-state index in [0.29, 0.717) is 11.6 Å². The fourth-order valence-electron chi connectivity index (χ4n) is 2.18. The summed E-state index contributed by atoms with van der Waals surface area (Å²) in [5, 5.41) is 13.8. The molecule has 0 aliphatic rings. The molecule has 0 saturated carbocycles. The molecular formula is C16H17ClN2O3. The second-order valence-electron chi connectivity index (χ2n) is 4.89. The smallest absolute Gasteiger partial charge is 0.328 e. The van der Waals surface area contributed by atoms with E-state index in [-0.39, 0.29) is 0 Å². The number of ether oxygens (including phenoxy) is 1. The van der Waals surface area contributed by atoms with Crippen molar-refractivity contribution in [3.8, 4) is 5.75 Å². The summed E-state index contributed by atoms with van der Waals surface area (Å²) in [5.74, 6) is -0.265. The fourth-order valence-corrected chi connectivity index (χ4v) is 2.32. The summed E-state index contributed by atoms with van der Waals surface area (Å²) in [6.07, 6.45) is 2.64. The molecule has 5 nitrogen and oxygen atoms in total. The zero-order valence-electron chi connectivity index (χ0n) is 12.6. The van der Waals surface area contributed by atoms with Crippen molar-refractivity contribution in [1.82, 2.24) is 9.78 Å². The van der Waals surface area contributed by atoms with Crippen LogP contribution in [0.5, 0.6) is 5.75 Å². The van der Waals surface area contributed by atoms with Crippen LogP contribution in [-0.2, 0) is 11.3 Å². The van der Waals surface area contributed by atoms with Gasteiger partial charge >= 0.3 is 5.97 Å². The van der Waals surface area contributed by atoms with Crippen LogP contribution in [0.4, 0.5) is 0 Å². The minimum atomic E-state index is -0.984. The third-order valence-corrected chi connectivity index (χ3v) is 3.88. The van der Waals surface area contributed by atoms with Crippen molar-refractivity contribution >= 4 is 23.6 Å². The van der Waals surface area contributed by atoms with E-state index >= 15 is 0 Å². The van der Waals surface area contributed by atoms with Crippen molar-refractivity contribution in [1.29, 1.82) is 0 Å². The number of carboxylic acids is 1. The summed E-state index contributed by atoms with van der Waals surface area (Å²) >= 11 is 6.16. The number of carbonyl (C=O) groups is 1. The number of aliphatic carboxylic acids is 1. The Morgan fingerprint density at radius 3 is 2.73 bits per heavy atom. The zero-order chi connectivity index (χ0) is 16.3. The van der Waals surface area contributed by atoms with Crippen LogP contribution < -0.4 is 4.74 Å². The first kappa shape index (κ1) is 16.1. The van der Waals surface area contributed by atoms with Crippen LogP contribution in [0, 0.1) is 13.8 Å². The predicted octanol–water partition coefficient (Wildman–Crippen LogP) is 3.31. The number of hydrogen-bond donors (Lipinski definition) is 1. The van der Waals surface area contributed by atoms with Gasteiger partial charge in [0.2, 0.25) is 0 Å². The molecule has 0 aliphatic heterocycles. The van der Waals surface area contributed by atoms with Gasteiger partial charge in [0, 0.05) is 11.6 Å². The first-order valence-electron chi connectivity index (χ1n) is 6.69. The van der Waals surface area contributed by atoms with Crippen LogP contribution in [0.3, 0.4) is 0 Å². The molecule has 0 atom stereocenters. The maximum absolute atomic E-state index is 10.6. The summed E-state index contributed by atoms with van der Waals surface area (Å²) in [4.78, 5) is 10.6. The molecule has 1 N–H and O–H groups in total.